The molecule has 2 saturated carbocycles. The molecule has 2 fully saturated rings. The first kappa shape index (κ1) is 12.5. The summed E-state index contributed by atoms with van der Waals surface area (Å²) in [4.78, 5) is 12.0. The smallest absolute Gasteiger partial charge is 0.402 e. The Morgan fingerprint density at radius 2 is 1.88 bits per heavy atom. The van der Waals surface area contributed by atoms with E-state index in [9.17, 15) is 23.1 Å². The maximum Gasteiger partial charge on any atom is 0.402 e. The summed E-state index contributed by atoms with van der Waals surface area (Å²) in [6.45, 7) is 5.23. The molecule has 0 aromatic carbocycles. The highest BCUT2D eigenvalue weighted by Gasteiger charge is 2.64. The summed E-state index contributed by atoms with van der Waals surface area (Å²) in [5, 5.41) is 11.3. The number of allylic oxidation sites excluding steroid dienone is 2. The van der Waals surface area contributed by atoms with Crippen LogP contribution in [0.3, 0.4) is 0 Å². The quantitative estimate of drug-likeness (QED) is 0.486. The van der Waals surface area contributed by atoms with Crippen LogP contribution in [0.4, 0.5) is 13.2 Å². The zero-order valence-electron chi connectivity index (χ0n) is 9.94. The van der Waals surface area contributed by atoms with Gasteiger partial charge in [-0.1, -0.05) is 20.8 Å². The lowest BCUT2D eigenvalue weighted by atomic mass is 9.70. The molecule has 0 aromatic rings. The van der Waals surface area contributed by atoms with Gasteiger partial charge in [0.25, 0.3) is 0 Å². The highest BCUT2D eigenvalue weighted by atomic mass is 19.4. The first-order valence-corrected chi connectivity index (χ1v) is 5.56. The molecule has 2 aliphatic rings. The molecule has 5 heteroatoms. The van der Waals surface area contributed by atoms with Crippen LogP contribution in [-0.4, -0.2) is 12.0 Å². The highest BCUT2D eigenvalue weighted by Crippen LogP contribution is 2.66. The van der Waals surface area contributed by atoms with Gasteiger partial charge < -0.3 is 5.11 Å². The van der Waals surface area contributed by atoms with E-state index >= 15 is 0 Å². The zero-order valence-corrected chi connectivity index (χ0v) is 9.94. The third-order valence-electron chi connectivity index (χ3n) is 4.82. The molecule has 17 heavy (non-hydrogen) atoms. The summed E-state index contributed by atoms with van der Waals surface area (Å²) < 4.78 is 37.4. The van der Waals surface area contributed by atoms with Crippen LogP contribution in [0, 0.1) is 16.7 Å². The number of ketones is 1. The lowest BCUT2D eigenvalue weighted by Crippen LogP contribution is -2.34. The van der Waals surface area contributed by atoms with E-state index in [1.165, 1.54) is 0 Å². The van der Waals surface area contributed by atoms with Crippen molar-refractivity contribution in [2.75, 3.05) is 0 Å². The van der Waals surface area contributed by atoms with Gasteiger partial charge in [0.1, 0.15) is 0 Å². The normalized spacial score (nSPS) is 38.7. The van der Waals surface area contributed by atoms with Crippen LogP contribution in [0.15, 0.2) is 11.3 Å². The Balaban J connectivity index is 2.60. The van der Waals surface area contributed by atoms with Crippen molar-refractivity contribution in [1.29, 1.82) is 0 Å². The minimum Gasteiger partial charge on any atom is -0.869 e. The molecule has 0 saturated heterocycles. The van der Waals surface area contributed by atoms with Gasteiger partial charge in [-0.05, 0) is 35.5 Å². The predicted molar refractivity (Wildman–Crippen MR) is 52.7 cm³/mol. The first-order chi connectivity index (χ1) is 7.53. The van der Waals surface area contributed by atoms with E-state index in [2.05, 4.69) is 0 Å². The van der Waals surface area contributed by atoms with Gasteiger partial charge >= 0.3 is 6.18 Å². The van der Waals surface area contributed by atoms with Crippen molar-refractivity contribution in [3.63, 3.8) is 0 Å². The van der Waals surface area contributed by atoms with Crippen LogP contribution in [-0.2, 0) is 4.79 Å². The fourth-order valence-electron chi connectivity index (χ4n) is 3.28. The van der Waals surface area contributed by atoms with E-state index in [4.69, 9.17) is 0 Å². The van der Waals surface area contributed by atoms with E-state index < -0.39 is 40.0 Å². The molecule has 2 bridgehead atoms. The standard InChI is InChI=1S/C12H15F3O2/c1-10(2)6-4-5-11(10,3)8(16)7(6)9(17)12(13,14)15/h6,17H,4-5H2,1-3H3/p-1. The number of Topliss-reactive ketones (excluding diaryl/α,β-unsaturated/α-hetero) is 1. The van der Waals surface area contributed by atoms with E-state index in [0.717, 1.165) is 0 Å². The SMILES string of the molecule is CC12CCC(C(=C([O-])C(F)(F)F)C1=O)C2(C)C. The third kappa shape index (κ3) is 1.31. The molecule has 2 atom stereocenters. The number of hydrogen-bond acceptors (Lipinski definition) is 2. The monoisotopic (exact) mass is 247 g/mol. The molecule has 0 aromatic heterocycles. The fraction of sp³-hybridized carbons (Fsp3) is 0.750. The molecule has 2 rings (SSSR count). The number of halogens is 3. The fourth-order valence-corrected chi connectivity index (χ4v) is 3.28. The predicted octanol–water partition coefficient (Wildman–Crippen LogP) is 2.19. The van der Waals surface area contributed by atoms with Crippen LogP contribution in [0.25, 0.3) is 0 Å². The maximum atomic E-state index is 12.5. The van der Waals surface area contributed by atoms with Gasteiger partial charge in [0, 0.05) is 5.41 Å². The van der Waals surface area contributed by atoms with Crippen LogP contribution in [0.5, 0.6) is 0 Å². The van der Waals surface area contributed by atoms with E-state index in [1.54, 1.807) is 20.8 Å². The highest BCUT2D eigenvalue weighted by molar-refractivity contribution is 6.05. The number of fused-ring (bicyclic) bond motifs is 2. The van der Waals surface area contributed by atoms with Crippen LogP contribution in [0.2, 0.25) is 0 Å². The summed E-state index contributed by atoms with van der Waals surface area (Å²) in [5.41, 5.74) is -1.88. The summed E-state index contributed by atoms with van der Waals surface area (Å²) in [7, 11) is 0. The van der Waals surface area contributed by atoms with Gasteiger partial charge in [0.2, 0.25) is 0 Å². The molecular formula is C12H14F3O2-. The van der Waals surface area contributed by atoms with Crippen molar-refractivity contribution in [3.8, 4) is 0 Å². The van der Waals surface area contributed by atoms with Gasteiger partial charge in [-0.3, -0.25) is 4.79 Å². The number of alkyl halides is 3. The molecule has 2 nitrogen and oxygen atoms in total. The third-order valence-corrected chi connectivity index (χ3v) is 4.82. The van der Waals surface area contributed by atoms with Gasteiger partial charge in [-0.15, -0.1) is 0 Å². The van der Waals surface area contributed by atoms with Gasteiger partial charge in [0.05, 0.1) is 0 Å². The Kier molecular flexibility index (Phi) is 2.24. The molecule has 96 valence electrons. The second-order valence-corrected chi connectivity index (χ2v) is 5.71. The maximum absolute atomic E-state index is 12.5. The molecule has 0 aliphatic heterocycles. The van der Waals surface area contributed by atoms with Gasteiger partial charge in [-0.2, -0.15) is 13.2 Å². The van der Waals surface area contributed by atoms with Crippen molar-refractivity contribution >= 4 is 5.78 Å². The van der Waals surface area contributed by atoms with Crippen LogP contribution >= 0.6 is 0 Å². The summed E-state index contributed by atoms with van der Waals surface area (Å²) in [6, 6.07) is 0. The lowest BCUT2D eigenvalue weighted by Gasteiger charge is -2.31. The molecular weight excluding hydrogens is 233 g/mol. The topological polar surface area (TPSA) is 40.1 Å². The number of rotatable bonds is 0. The van der Waals surface area contributed by atoms with Crippen molar-refractivity contribution in [2.45, 2.75) is 39.8 Å². The number of hydrogen-bond donors (Lipinski definition) is 0. The summed E-state index contributed by atoms with van der Waals surface area (Å²) >= 11 is 0. The largest absolute Gasteiger partial charge is 0.869 e. The zero-order chi connectivity index (χ0) is 13.2. The average Bonchev–Trinajstić information content (AvgIpc) is 2.47. The molecule has 0 heterocycles. The van der Waals surface area contributed by atoms with E-state index in [-0.39, 0.29) is 0 Å². The van der Waals surface area contributed by atoms with Crippen LogP contribution in [0.1, 0.15) is 33.6 Å². The molecule has 0 N–H and O–H groups in total. The minimum atomic E-state index is -4.94. The molecule has 2 unspecified atom stereocenters. The van der Waals surface area contributed by atoms with E-state index in [0.29, 0.717) is 12.8 Å². The van der Waals surface area contributed by atoms with Gasteiger partial charge in [-0.25, -0.2) is 0 Å². The van der Waals surface area contributed by atoms with Crippen molar-refractivity contribution in [2.24, 2.45) is 16.7 Å². The Labute approximate surface area is 97.5 Å². The Bertz CT molecular complexity index is 420. The second kappa shape index (κ2) is 3.06. The average molecular weight is 247 g/mol. The Morgan fingerprint density at radius 3 is 2.24 bits per heavy atom. The van der Waals surface area contributed by atoms with E-state index in [1.807, 2.05) is 0 Å². The molecule has 0 radical (unpaired) electrons. The van der Waals surface area contributed by atoms with Crippen molar-refractivity contribution in [1.82, 2.24) is 0 Å². The summed E-state index contributed by atoms with van der Waals surface area (Å²) in [6.07, 6.45) is -3.88. The van der Waals surface area contributed by atoms with Crippen molar-refractivity contribution < 1.29 is 23.1 Å². The molecule has 0 spiro atoms. The van der Waals surface area contributed by atoms with Crippen LogP contribution < -0.4 is 5.11 Å². The second-order valence-electron chi connectivity index (χ2n) is 5.71. The molecule has 0 amide bonds. The number of carbonyl (C=O) groups is 1. The lowest BCUT2D eigenvalue weighted by molar-refractivity contribution is -0.362. The minimum absolute atomic E-state index is 0.492. The first-order valence-electron chi connectivity index (χ1n) is 5.56. The summed E-state index contributed by atoms with van der Waals surface area (Å²) in [5.74, 6) is -3.08. The Hall–Kier alpha value is -1.00. The molecule has 2 aliphatic carbocycles. The van der Waals surface area contributed by atoms with Gasteiger partial charge in [0.15, 0.2) is 5.78 Å². The number of carbonyl (C=O) groups excluding carboxylic acids is 1. The van der Waals surface area contributed by atoms with Crippen molar-refractivity contribution in [3.05, 3.63) is 11.3 Å². The Morgan fingerprint density at radius 1 is 1.35 bits per heavy atom.